The van der Waals surface area contributed by atoms with E-state index in [2.05, 4.69) is 0 Å². The van der Waals surface area contributed by atoms with Gasteiger partial charge < -0.3 is 9.84 Å². The van der Waals surface area contributed by atoms with E-state index in [0.29, 0.717) is 31.6 Å². The van der Waals surface area contributed by atoms with Gasteiger partial charge in [0.05, 0.1) is 18.9 Å². The smallest absolute Gasteiger partial charge is 0.391 e. The van der Waals surface area contributed by atoms with Crippen molar-refractivity contribution in [3.63, 3.8) is 0 Å². The molecule has 2 rings (SSSR count). The summed E-state index contributed by atoms with van der Waals surface area (Å²) in [6.45, 7) is 2.71. The van der Waals surface area contributed by atoms with Gasteiger partial charge in [-0.25, -0.2) is 0 Å². The second-order valence-corrected chi connectivity index (χ2v) is 6.28. The van der Waals surface area contributed by atoms with Crippen molar-refractivity contribution < 1.29 is 27.8 Å². The lowest BCUT2D eigenvalue weighted by molar-refractivity contribution is -0.182. The highest BCUT2D eigenvalue weighted by molar-refractivity contribution is 5.71. The highest BCUT2D eigenvalue weighted by atomic mass is 19.4. The molecule has 1 aromatic carbocycles. The van der Waals surface area contributed by atoms with Crippen LogP contribution in [0, 0.1) is 5.92 Å². The minimum atomic E-state index is -4.13. The Balaban J connectivity index is 2.21. The van der Waals surface area contributed by atoms with Crippen LogP contribution >= 0.6 is 0 Å². The summed E-state index contributed by atoms with van der Waals surface area (Å²) < 4.78 is 43.9. The molecule has 0 heterocycles. The van der Waals surface area contributed by atoms with Crippen LogP contribution in [0.25, 0.3) is 0 Å². The van der Waals surface area contributed by atoms with Gasteiger partial charge in [-0.2, -0.15) is 13.2 Å². The molecule has 0 bridgehead atoms. The number of hydrogen-bond donors (Lipinski definition) is 1. The van der Waals surface area contributed by atoms with Gasteiger partial charge in [-0.1, -0.05) is 18.2 Å². The van der Waals surface area contributed by atoms with E-state index in [1.807, 2.05) is 25.1 Å². The lowest BCUT2D eigenvalue weighted by Gasteiger charge is -2.31. The van der Waals surface area contributed by atoms with Crippen molar-refractivity contribution >= 4 is 5.97 Å². The predicted octanol–water partition coefficient (Wildman–Crippen LogP) is 4.69. The Bertz CT molecular complexity index is 561. The lowest BCUT2D eigenvalue weighted by atomic mass is 9.76. The monoisotopic (exact) mass is 344 g/mol. The molecular weight excluding hydrogens is 321 g/mol. The van der Waals surface area contributed by atoms with Gasteiger partial charge >= 0.3 is 12.1 Å². The van der Waals surface area contributed by atoms with E-state index < -0.39 is 18.1 Å². The largest absolute Gasteiger partial charge is 0.481 e. The van der Waals surface area contributed by atoms with Gasteiger partial charge in [0, 0.05) is 6.61 Å². The number of carboxylic acid groups (broad SMARTS) is 1. The number of alkyl halides is 3. The first-order valence-corrected chi connectivity index (χ1v) is 8.29. The molecule has 1 aliphatic carbocycles. The summed E-state index contributed by atoms with van der Waals surface area (Å²) in [5, 5.41) is 9.20. The zero-order chi connectivity index (χ0) is 17.7. The molecule has 134 valence electrons. The number of halogens is 3. The topological polar surface area (TPSA) is 46.5 Å². The van der Waals surface area contributed by atoms with Gasteiger partial charge in [-0.05, 0) is 55.2 Å². The number of benzene rings is 1. The summed E-state index contributed by atoms with van der Waals surface area (Å²) in [6, 6.07) is 5.52. The fourth-order valence-electron chi connectivity index (χ4n) is 3.48. The Hall–Kier alpha value is -1.56. The van der Waals surface area contributed by atoms with Gasteiger partial charge in [0.1, 0.15) is 0 Å². The van der Waals surface area contributed by atoms with Crippen molar-refractivity contribution in [2.45, 2.75) is 57.7 Å². The summed E-state index contributed by atoms with van der Waals surface area (Å²) in [6.07, 6.45) is -3.17. The van der Waals surface area contributed by atoms with E-state index in [1.165, 1.54) is 0 Å². The van der Waals surface area contributed by atoms with Crippen LogP contribution in [0.4, 0.5) is 13.2 Å². The number of hydrogen-bond acceptors (Lipinski definition) is 2. The summed E-state index contributed by atoms with van der Waals surface area (Å²) in [4.78, 5) is 11.2. The van der Waals surface area contributed by atoms with Crippen molar-refractivity contribution in [3.05, 3.63) is 34.9 Å². The van der Waals surface area contributed by atoms with Crippen LogP contribution in [0.3, 0.4) is 0 Å². The van der Waals surface area contributed by atoms with Gasteiger partial charge in [0.25, 0.3) is 0 Å². The minimum Gasteiger partial charge on any atom is -0.481 e. The fraction of sp³-hybridized carbons (Fsp3) is 0.611. The van der Waals surface area contributed by atoms with E-state index in [0.717, 1.165) is 11.1 Å². The Kier molecular flexibility index (Phi) is 6.27. The highest BCUT2D eigenvalue weighted by Gasteiger charge is 2.41. The molecule has 1 fully saturated rings. The Morgan fingerprint density at radius 2 is 1.92 bits per heavy atom. The van der Waals surface area contributed by atoms with Crippen molar-refractivity contribution in [1.82, 2.24) is 0 Å². The van der Waals surface area contributed by atoms with Crippen LogP contribution in [0.5, 0.6) is 0 Å². The second kappa shape index (κ2) is 8.01. The zero-order valence-electron chi connectivity index (χ0n) is 13.7. The quantitative estimate of drug-likeness (QED) is 0.814. The Morgan fingerprint density at radius 3 is 2.46 bits per heavy atom. The predicted molar refractivity (Wildman–Crippen MR) is 83.9 cm³/mol. The molecule has 0 aliphatic heterocycles. The zero-order valence-corrected chi connectivity index (χ0v) is 13.7. The summed E-state index contributed by atoms with van der Waals surface area (Å²) in [5.41, 5.74) is 2.39. The molecular formula is C18H23F3O3. The van der Waals surface area contributed by atoms with Crippen molar-refractivity contribution in [2.75, 3.05) is 6.61 Å². The average Bonchev–Trinajstić information content (AvgIpc) is 2.52. The van der Waals surface area contributed by atoms with E-state index in [4.69, 9.17) is 4.74 Å². The number of carboxylic acids is 1. The maximum atomic E-state index is 12.8. The molecule has 1 aliphatic rings. The SMILES string of the molecule is CCOCc1cccc(C2CCC(C(F)(F)F)CC2)c1CC(=O)O. The third-order valence-electron chi connectivity index (χ3n) is 4.73. The summed E-state index contributed by atoms with van der Waals surface area (Å²) >= 11 is 0. The first-order valence-electron chi connectivity index (χ1n) is 8.29. The van der Waals surface area contributed by atoms with Crippen LogP contribution in [-0.4, -0.2) is 23.9 Å². The van der Waals surface area contributed by atoms with Gasteiger partial charge in [-0.15, -0.1) is 0 Å². The standard InChI is InChI=1S/C18H23F3O3/c1-2-24-11-13-4-3-5-15(16(13)10-17(22)23)12-6-8-14(9-7-12)18(19,20)21/h3-5,12,14H,2,6-11H2,1H3,(H,22,23). The molecule has 1 aromatic rings. The van der Waals surface area contributed by atoms with E-state index in [1.54, 1.807) is 0 Å². The van der Waals surface area contributed by atoms with E-state index >= 15 is 0 Å². The van der Waals surface area contributed by atoms with Crippen LogP contribution in [-0.2, 0) is 22.6 Å². The first kappa shape index (κ1) is 18.8. The first-order chi connectivity index (χ1) is 11.3. The maximum absolute atomic E-state index is 12.8. The third kappa shape index (κ3) is 4.72. The fourth-order valence-corrected chi connectivity index (χ4v) is 3.48. The Morgan fingerprint density at radius 1 is 1.25 bits per heavy atom. The molecule has 0 aromatic heterocycles. The van der Waals surface area contributed by atoms with Crippen LogP contribution < -0.4 is 0 Å². The maximum Gasteiger partial charge on any atom is 0.391 e. The minimum absolute atomic E-state index is 0.0143. The van der Waals surface area contributed by atoms with Crippen molar-refractivity contribution in [1.29, 1.82) is 0 Å². The lowest BCUT2D eigenvalue weighted by Crippen LogP contribution is -2.27. The van der Waals surface area contributed by atoms with Crippen LogP contribution in [0.2, 0.25) is 0 Å². The molecule has 0 spiro atoms. The summed E-state index contributed by atoms with van der Waals surface area (Å²) in [7, 11) is 0. The van der Waals surface area contributed by atoms with Gasteiger partial charge in [0.15, 0.2) is 0 Å². The van der Waals surface area contributed by atoms with Crippen molar-refractivity contribution in [2.24, 2.45) is 5.92 Å². The molecule has 0 radical (unpaired) electrons. The van der Waals surface area contributed by atoms with Crippen LogP contribution in [0.15, 0.2) is 18.2 Å². The Labute approximate surface area is 139 Å². The summed E-state index contributed by atoms with van der Waals surface area (Å²) in [5.74, 6) is -2.19. The van der Waals surface area contributed by atoms with Gasteiger partial charge in [0.2, 0.25) is 0 Å². The number of ether oxygens (including phenoxy) is 1. The van der Waals surface area contributed by atoms with Crippen molar-refractivity contribution in [3.8, 4) is 0 Å². The molecule has 1 saturated carbocycles. The molecule has 6 heteroatoms. The molecule has 24 heavy (non-hydrogen) atoms. The molecule has 0 amide bonds. The molecule has 0 saturated heterocycles. The second-order valence-electron chi connectivity index (χ2n) is 6.28. The van der Waals surface area contributed by atoms with Crippen LogP contribution in [0.1, 0.15) is 55.2 Å². The van der Waals surface area contributed by atoms with E-state index in [-0.39, 0.29) is 25.2 Å². The normalized spacial score (nSPS) is 21.7. The molecule has 3 nitrogen and oxygen atoms in total. The molecule has 0 atom stereocenters. The number of rotatable bonds is 6. The average molecular weight is 344 g/mol. The molecule has 1 N–H and O–H groups in total. The highest BCUT2D eigenvalue weighted by Crippen LogP contribution is 2.43. The number of carbonyl (C=O) groups is 1. The third-order valence-corrected chi connectivity index (χ3v) is 4.73. The van der Waals surface area contributed by atoms with Gasteiger partial charge in [-0.3, -0.25) is 4.79 Å². The molecule has 0 unspecified atom stereocenters. The number of aliphatic carboxylic acids is 1. The van der Waals surface area contributed by atoms with E-state index in [9.17, 15) is 23.1 Å².